The monoisotopic (exact) mass is 526 g/mol. The van der Waals surface area contributed by atoms with E-state index in [1.165, 1.54) is 28.4 Å². The highest BCUT2D eigenvalue weighted by atomic mass is 16.5. The number of phenolic OH excluding ortho intramolecular Hbond substituents is 1. The minimum atomic E-state index is -0.566. The molecule has 0 aromatic heterocycles. The molecule has 0 heterocycles. The van der Waals surface area contributed by atoms with Crippen molar-refractivity contribution in [3.63, 3.8) is 0 Å². The average Bonchev–Trinajstić information content (AvgIpc) is 2.96. The third-order valence-electron chi connectivity index (χ3n) is 7.19. The third kappa shape index (κ3) is 5.12. The molecule has 8 nitrogen and oxygen atoms in total. The van der Waals surface area contributed by atoms with E-state index in [1.54, 1.807) is 32.4 Å². The normalized spacial score (nSPS) is 11.0. The van der Waals surface area contributed by atoms with E-state index >= 15 is 0 Å². The van der Waals surface area contributed by atoms with Crippen molar-refractivity contribution in [2.45, 2.75) is 39.5 Å². The zero-order valence-corrected chi connectivity index (χ0v) is 23.5. The van der Waals surface area contributed by atoms with Gasteiger partial charge in [-0.15, -0.1) is 0 Å². The van der Waals surface area contributed by atoms with Crippen LogP contribution in [-0.2, 0) is 11.2 Å². The molecule has 0 fully saturated rings. The minimum absolute atomic E-state index is 0.0187. The van der Waals surface area contributed by atoms with Crippen molar-refractivity contribution in [1.29, 1.82) is 0 Å². The first-order chi connectivity index (χ1) is 18.3. The van der Waals surface area contributed by atoms with E-state index in [2.05, 4.69) is 13.8 Å². The Morgan fingerprint density at radius 1 is 0.816 bits per heavy atom. The van der Waals surface area contributed by atoms with Gasteiger partial charge in [-0.2, -0.15) is 0 Å². The van der Waals surface area contributed by atoms with Crippen LogP contribution in [0.3, 0.4) is 0 Å². The zero-order valence-electron chi connectivity index (χ0n) is 23.5. The predicted octanol–water partition coefficient (Wildman–Crippen LogP) is 6.41. The van der Waals surface area contributed by atoms with Gasteiger partial charge in [0.15, 0.2) is 23.0 Å². The second kappa shape index (κ2) is 12.6. The molecule has 1 N–H and O–H groups in total. The summed E-state index contributed by atoms with van der Waals surface area (Å²) in [6.45, 7) is 4.29. The maximum Gasteiger partial charge on any atom is 0.338 e. The molecule has 3 rings (SSSR count). The Morgan fingerprint density at radius 3 is 1.97 bits per heavy atom. The number of phenols is 1. The van der Waals surface area contributed by atoms with E-state index in [4.69, 9.17) is 28.4 Å². The van der Waals surface area contributed by atoms with Crippen LogP contribution < -0.4 is 23.7 Å². The molecular weight excluding hydrogens is 488 g/mol. The predicted molar refractivity (Wildman–Crippen MR) is 148 cm³/mol. The van der Waals surface area contributed by atoms with Gasteiger partial charge in [-0.05, 0) is 42.5 Å². The Labute approximate surface area is 224 Å². The van der Waals surface area contributed by atoms with Crippen molar-refractivity contribution in [3.8, 4) is 45.6 Å². The molecule has 3 aromatic carbocycles. The fraction of sp³-hybridized carbons (Fsp3) is 0.433. The van der Waals surface area contributed by atoms with Gasteiger partial charge in [0.05, 0.1) is 48.2 Å². The number of benzene rings is 3. The molecule has 0 radical (unpaired) electrons. The van der Waals surface area contributed by atoms with Crippen LogP contribution in [0.1, 0.15) is 49.0 Å². The molecule has 0 unspecified atom stereocenters. The second-order valence-corrected chi connectivity index (χ2v) is 8.93. The van der Waals surface area contributed by atoms with Crippen LogP contribution in [0.15, 0.2) is 24.3 Å². The van der Waals surface area contributed by atoms with E-state index in [1.807, 2.05) is 6.07 Å². The van der Waals surface area contributed by atoms with Crippen molar-refractivity contribution < 1.29 is 38.3 Å². The number of rotatable bonds is 12. The van der Waals surface area contributed by atoms with Gasteiger partial charge < -0.3 is 33.5 Å². The van der Waals surface area contributed by atoms with Crippen LogP contribution in [0.25, 0.3) is 21.9 Å². The Balaban J connectivity index is 2.59. The molecule has 0 atom stereocenters. The lowest BCUT2D eigenvalue weighted by Gasteiger charge is -2.24. The molecule has 3 aromatic rings. The molecule has 0 bridgehead atoms. The van der Waals surface area contributed by atoms with Crippen molar-refractivity contribution in [3.05, 3.63) is 35.4 Å². The SMILES string of the molecule is CCC(CC)CCc1c(C(=O)OC)c(-c2ccc(OC)c(OC)c2)c2c(OC)c(OC)c(OC)cc2c1O. The van der Waals surface area contributed by atoms with Gasteiger partial charge in [-0.1, -0.05) is 32.8 Å². The number of carbonyl (C=O) groups excluding carboxylic acids is 1. The van der Waals surface area contributed by atoms with Crippen molar-refractivity contribution in [2.75, 3.05) is 42.7 Å². The highest BCUT2D eigenvalue weighted by Crippen LogP contribution is 2.52. The molecule has 8 heteroatoms. The number of fused-ring (bicyclic) bond motifs is 1. The largest absolute Gasteiger partial charge is 0.507 e. The lowest BCUT2D eigenvalue weighted by molar-refractivity contribution is 0.0600. The van der Waals surface area contributed by atoms with E-state index in [9.17, 15) is 9.90 Å². The Morgan fingerprint density at radius 2 is 1.45 bits per heavy atom. The summed E-state index contributed by atoms with van der Waals surface area (Å²) in [6.07, 6.45) is 3.28. The average molecular weight is 527 g/mol. The molecule has 0 aliphatic rings. The quantitative estimate of drug-likeness (QED) is 0.271. The molecule has 0 saturated carbocycles. The maximum atomic E-state index is 13.5. The summed E-state index contributed by atoms with van der Waals surface area (Å²) in [5.41, 5.74) is 1.96. The number of esters is 1. The number of aromatic hydroxyl groups is 1. The van der Waals surface area contributed by atoms with Gasteiger partial charge in [-0.25, -0.2) is 4.79 Å². The van der Waals surface area contributed by atoms with Crippen LogP contribution in [-0.4, -0.2) is 53.7 Å². The van der Waals surface area contributed by atoms with Gasteiger partial charge in [0, 0.05) is 21.9 Å². The molecule has 206 valence electrons. The van der Waals surface area contributed by atoms with Crippen LogP contribution in [0.4, 0.5) is 0 Å². The molecular formula is C30H38O8. The van der Waals surface area contributed by atoms with Gasteiger partial charge in [-0.3, -0.25) is 0 Å². The molecule has 38 heavy (non-hydrogen) atoms. The first-order valence-electron chi connectivity index (χ1n) is 12.7. The van der Waals surface area contributed by atoms with Crippen LogP contribution >= 0.6 is 0 Å². The first kappa shape index (κ1) is 28.8. The Hall–Kier alpha value is -3.81. The van der Waals surface area contributed by atoms with Crippen molar-refractivity contribution >= 4 is 16.7 Å². The van der Waals surface area contributed by atoms with Gasteiger partial charge >= 0.3 is 5.97 Å². The first-order valence-corrected chi connectivity index (χ1v) is 12.7. The van der Waals surface area contributed by atoms with E-state index < -0.39 is 5.97 Å². The Kier molecular flexibility index (Phi) is 9.55. The lowest BCUT2D eigenvalue weighted by atomic mass is 9.84. The van der Waals surface area contributed by atoms with Gasteiger partial charge in [0.2, 0.25) is 5.75 Å². The van der Waals surface area contributed by atoms with Crippen LogP contribution in [0, 0.1) is 5.92 Å². The highest BCUT2D eigenvalue weighted by Gasteiger charge is 2.31. The summed E-state index contributed by atoms with van der Waals surface area (Å²) >= 11 is 0. The molecule has 0 amide bonds. The molecule has 0 saturated heterocycles. The molecule has 0 aliphatic carbocycles. The van der Waals surface area contributed by atoms with E-state index in [0.29, 0.717) is 68.5 Å². The highest BCUT2D eigenvalue weighted by molar-refractivity contribution is 6.15. The fourth-order valence-corrected chi connectivity index (χ4v) is 5.04. The number of hydrogen-bond acceptors (Lipinski definition) is 8. The topological polar surface area (TPSA) is 92.7 Å². The number of carbonyl (C=O) groups is 1. The summed E-state index contributed by atoms with van der Waals surface area (Å²) in [5.74, 6) is 1.93. The number of methoxy groups -OCH3 is 6. The summed E-state index contributed by atoms with van der Waals surface area (Å²) in [4.78, 5) is 13.5. The fourth-order valence-electron chi connectivity index (χ4n) is 5.04. The zero-order chi connectivity index (χ0) is 28.0. The molecule has 0 spiro atoms. The van der Waals surface area contributed by atoms with Crippen LogP contribution in [0.2, 0.25) is 0 Å². The van der Waals surface area contributed by atoms with Crippen molar-refractivity contribution in [1.82, 2.24) is 0 Å². The number of ether oxygens (including phenoxy) is 6. The lowest BCUT2D eigenvalue weighted by Crippen LogP contribution is -2.12. The summed E-state index contributed by atoms with van der Waals surface area (Å²) in [6, 6.07) is 7.10. The number of hydrogen-bond donors (Lipinski definition) is 1. The smallest absolute Gasteiger partial charge is 0.338 e. The van der Waals surface area contributed by atoms with E-state index in [0.717, 1.165) is 19.3 Å². The van der Waals surface area contributed by atoms with E-state index in [-0.39, 0.29) is 11.3 Å². The maximum absolute atomic E-state index is 13.5. The second-order valence-electron chi connectivity index (χ2n) is 8.93. The summed E-state index contributed by atoms with van der Waals surface area (Å²) in [5, 5.41) is 12.6. The van der Waals surface area contributed by atoms with Crippen molar-refractivity contribution in [2.24, 2.45) is 5.92 Å². The minimum Gasteiger partial charge on any atom is -0.507 e. The van der Waals surface area contributed by atoms with Gasteiger partial charge in [0.1, 0.15) is 5.75 Å². The Bertz CT molecular complexity index is 1290. The van der Waals surface area contributed by atoms with Gasteiger partial charge in [0.25, 0.3) is 0 Å². The standard InChI is InChI=1S/C30H38O8/c1-9-17(10-2)11-13-19-26(30(32)38-8)24(18-12-14-21(33-3)22(15-18)34-4)25-20(27(19)31)16-23(35-5)28(36-6)29(25)37-7/h12,14-17,31H,9-11,13H2,1-8H3. The molecule has 0 aliphatic heterocycles. The summed E-state index contributed by atoms with van der Waals surface area (Å²) < 4.78 is 33.3. The summed E-state index contributed by atoms with van der Waals surface area (Å²) in [7, 11) is 8.97. The third-order valence-corrected chi connectivity index (χ3v) is 7.19. The van der Waals surface area contributed by atoms with Crippen LogP contribution in [0.5, 0.6) is 34.5 Å².